The molecule has 33 heavy (non-hydrogen) atoms. The Morgan fingerprint density at radius 2 is 1.67 bits per heavy atom. The molecule has 0 fully saturated rings. The van der Waals surface area contributed by atoms with Crippen LogP contribution in [-0.4, -0.2) is 24.8 Å². The zero-order valence-corrected chi connectivity index (χ0v) is 18.0. The van der Waals surface area contributed by atoms with E-state index in [1.807, 2.05) is 0 Å². The van der Waals surface area contributed by atoms with Crippen molar-refractivity contribution >= 4 is 38.7 Å². The second kappa shape index (κ2) is 8.10. The van der Waals surface area contributed by atoms with Crippen molar-refractivity contribution in [2.24, 2.45) is 0 Å². The summed E-state index contributed by atoms with van der Waals surface area (Å²) in [5.41, 5.74) is -0.515. The highest BCUT2D eigenvalue weighted by Crippen LogP contribution is 2.47. The molecule has 3 aromatic rings. The molecular formula is C22H16FN3O6S. The maximum atomic E-state index is 14.3. The van der Waals surface area contributed by atoms with Crippen molar-refractivity contribution in [3.05, 3.63) is 103 Å². The summed E-state index contributed by atoms with van der Waals surface area (Å²) in [7, 11) is -4.24. The molecule has 0 spiro atoms. The largest absolute Gasteiger partial charge is 0.285 e. The fourth-order valence-electron chi connectivity index (χ4n) is 3.64. The number of halogens is 1. The molecule has 1 aliphatic heterocycles. The van der Waals surface area contributed by atoms with E-state index in [1.54, 1.807) is 25.1 Å². The van der Waals surface area contributed by atoms with Gasteiger partial charge in [-0.15, -0.1) is 0 Å². The van der Waals surface area contributed by atoms with E-state index in [0.717, 1.165) is 22.0 Å². The van der Waals surface area contributed by atoms with Crippen molar-refractivity contribution in [2.45, 2.75) is 11.8 Å². The van der Waals surface area contributed by atoms with E-state index in [9.17, 15) is 33.0 Å². The number of anilines is 1. The number of nitrogens with zero attached hydrogens (tertiary/aromatic N) is 3. The van der Waals surface area contributed by atoms with Gasteiger partial charge in [0.2, 0.25) is 0 Å². The second-order valence-corrected chi connectivity index (χ2v) is 9.25. The van der Waals surface area contributed by atoms with Gasteiger partial charge in [0.15, 0.2) is 0 Å². The van der Waals surface area contributed by atoms with Gasteiger partial charge in [-0.05, 0) is 36.8 Å². The van der Waals surface area contributed by atoms with Gasteiger partial charge in [-0.3, -0.25) is 24.5 Å². The highest BCUT2D eigenvalue weighted by Gasteiger charge is 2.40. The average molecular weight is 469 g/mol. The van der Waals surface area contributed by atoms with Crippen LogP contribution in [0, 0.1) is 33.0 Å². The van der Waals surface area contributed by atoms with E-state index >= 15 is 0 Å². The maximum absolute atomic E-state index is 14.3. The summed E-state index contributed by atoms with van der Waals surface area (Å²) in [6.07, 6.45) is 1.32. The van der Waals surface area contributed by atoms with Crippen molar-refractivity contribution in [3.8, 4) is 0 Å². The predicted octanol–water partition coefficient (Wildman–Crippen LogP) is 4.70. The Morgan fingerprint density at radius 1 is 1.00 bits per heavy atom. The molecule has 0 radical (unpaired) electrons. The summed E-state index contributed by atoms with van der Waals surface area (Å²) in [5.74, 6) is -0.601. The van der Waals surface area contributed by atoms with Gasteiger partial charge in [0.1, 0.15) is 5.82 Å². The first kappa shape index (κ1) is 22.1. The molecule has 11 heteroatoms. The third-order valence-corrected chi connectivity index (χ3v) is 7.01. The normalized spacial score (nSPS) is 14.4. The Morgan fingerprint density at radius 3 is 2.27 bits per heavy atom. The number of benzene rings is 3. The minimum atomic E-state index is -4.24. The molecule has 0 saturated carbocycles. The molecule has 0 saturated heterocycles. The molecule has 1 aliphatic rings. The third kappa shape index (κ3) is 3.94. The van der Waals surface area contributed by atoms with E-state index in [4.69, 9.17) is 0 Å². The molecule has 4 rings (SSSR count). The fraction of sp³-hybridized carbons (Fsp3) is 0.0909. The highest BCUT2D eigenvalue weighted by atomic mass is 32.2. The SMILES string of the molecule is Cc1ccc(S(=O)(=O)N2C/C(=C\c3ccccc3F)c3c2cc([N+](=O)[O-])cc3[N+](=O)[O-])cc1. The average Bonchev–Trinajstić information content (AvgIpc) is 3.14. The van der Waals surface area contributed by atoms with Gasteiger partial charge in [-0.2, -0.15) is 0 Å². The minimum absolute atomic E-state index is 0.0830. The minimum Gasteiger partial charge on any atom is -0.261 e. The number of nitro benzene ring substituents is 2. The number of hydrogen-bond donors (Lipinski definition) is 0. The molecule has 0 aromatic heterocycles. The standard InChI is InChI=1S/C22H16FN3O6S/c1-14-6-8-18(9-7-14)33(31,32)24-13-16(10-15-4-2-3-5-19(15)23)22-20(24)11-17(25(27)28)12-21(22)26(29)30/h2-12H,13H2,1H3/b16-10+. The summed E-state index contributed by atoms with van der Waals surface area (Å²) < 4.78 is 42.0. The van der Waals surface area contributed by atoms with Crippen molar-refractivity contribution in [2.75, 3.05) is 10.8 Å². The van der Waals surface area contributed by atoms with E-state index in [1.165, 1.54) is 36.4 Å². The number of rotatable bonds is 5. The van der Waals surface area contributed by atoms with Crippen molar-refractivity contribution in [1.82, 2.24) is 0 Å². The molecule has 0 bridgehead atoms. The topological polar surface area (TPSA) is 124 Å². The molecule has 0 amide bonds. The van der Waals surface area contributed by atoms with E-state index in [-0.39, 0.29) is 33.8 Å². The lowest BCUT2D eigenvalue weighted by Gasteiger charge is -2.19. The summed E-state index contributed by atoms with van der Waals surface area (Å²) in [6.45, 7) is 1.42. The molecule has 168 valence electrons. The van der Waals surface area contributed by atoms with Crippen molar-refractivity contribution < 1.29 is 22.7 Å². The number of fused-ring (bicyclic) bond motifs is 1. The lowest BCUT2D eigenvalue weighted by molar-refractivity contribution is -0.394. The van der Waals surface area contributed by atoms with Crippen LogP contribution in [0.25, 0.3) is 11.6 Å². The van der Waals surface area contributed by atoms with Gasteiger partial charge in [-0.1, -0.05) is 35.9 Å². The number of sulfonamides is 1. The number of aryl methyl sites for hydroxylation is 1. The van der Waals surface area contributed by atoms with Gasteiger partial charge in [0, 0.05) is 11.6 Å². The van der Waals surface area contributed by atoms with Gasteiger partial charge in [0.25, 0.3) is 21.4 Å². The van der Waals surface area contributed by atoms with Gasteiger partial charge < -0.3 is 0 Å². The molecule has 0 unspecified atom stereocenters. The Hall–Kier alpha value is -4.12. The lowest BCUT2D eigenvalue weighted by Crippen LogP contribution is -2.29. The van der Waals surface area contributed by atoms with Gasteiger partial charge in [0.05, 0.1) is 38.6 Å². The Bertz CT molecular complexity index is 1430. The van der Waals surface area contributed by atoms with Crippen LogP contribution in [0.15, 0.2) is 65.6 Å². The first-order valence-corrected chi connectivity index (χ1v) is 11.1. The van der Waals surface area contributed by atoms with Crippen LogP contribution in [0.5, 0.6) is 0 Å². The van der Waals surface area contributed by atoms with Crippen LogP contribution < -0.4 is 4.31 Å². The first-order valence-electron chi connectivity index (χ1n) is 9.61. The molecule has 9 nitrogen and oxygen atoms in total. The monoisotopic (exact) mass is 469 g/mol. The van der Waals surface area contributed by atoms with Crippen LogP contribution in [0.1, 0.15) is 16.7 Å². The first-order chi connectivity index (χ1) is 15.6. The maximum Gasteiger partial charge on any atom is 0.285 e. The molecule has 0 atom stereocenters. The van der Waals surface area contributed by atoms with Crippen molar-refractivity contribution in [3.63, 3.8) is 0 Å². The zero-order chi connectivity index (χ0) is 23.9. The molecule has 1 heterocycles. The quantitative estimate of drug-likeness (QED) is 0.394. The van der Waals surface area contributed by atoms with Crippen LogP contribution >= 0.6 is 0 Å². The second-order valence-electron chi connectivity index (χ2n) is 7.39. The molecular weight excluding hydrogens is 453 g/mol. The number of hydrogen-bond acceptors (Lipinski definition) is 6. The van der Waals surface area contributed by atoms with E-state index in [2.05, 4.69) is 0 Å². The Labute approximate surface area is 187 Å². The Kier molecular flexibility index (Phi) is 5.42. The smallest absolute Gasteiger partial charge is 0.261 e. The molecule has 0 N–H and O–H groups in total. The van der Waals surface area contributed by atoms with Gasteiger partial charge in [-0.25, -0.2) is 12.8 Å². The zero-order valence-electron chi connectivity index (χ0n) is 17.1. The van der Waals surface area contributed by atoms with Crippen LogP contribution in [0.4, 0.5) is 21.5 Å². The number of non-ortho nitro benzene ring substituents is 1. The van der Waals surface area contributed by atoms with Crippen LogP contribution in [0.3, 0.4) is 0 Å². The molecule has 0 aliphatic carbocycles. The van der Waals surface area contributed by atoms with Crippen LogP contribution in [0.2, 0.25) is 0 Å². The van der Waals surface area contributed by atoms with E-state index < -0.39 is 37.1 Å². The lowest BCUT2D eigenvalue weighted by atomic mass is 10.0. The summed E-state index contributed by atoms with van der Waals surface area (Å²) in [6, 6.07) is 13.4. The summed E-state index contributed by atoms with van der Waals surface area (Å²) in [4.78, 5) is 21.5. The molecule has 3 aromatic carbocycles. The third-order valence-electron chi connectivity index (χ3n) is 5.24. The highest BCUT2D eigenvalue weighted by molar-refractivity contribution is 7.92. The van der Waals surface area contributed by atoms with Crippen molar-refractivity contribution in [1.29, 1.82) is 0 Å². The predicted molar refractivity (Wildman–Crippen MR) is 120 cm³/mol. The van der Waals surface area contributed by atoms with Gasteiger partial charge >= 0.3 is 0 Å². The van der Waals surface area contributed by atoms with Crippen LogP contribution in [-0.2, 0) is 10.0 Å². The fourth-order valence-corrected chi connectivity index (χ4v) is 5.09. The Balaban J connectivity index is 1.99. The summed E-state index contributed by atoms with van der Waals surface area (Å²) >= 11 is 0. The number of nitro groups is 2. The summed E-state index contributed by atoms with van der Waals surface area (Å²) in [5, 5.41) is 23.2. The van der Waals surface area contributed by atoms with E-state index in [0.29, 0.717) is 0 Å².